The normalized spacial score (nSPS) is 15.0. The van der Waals surface area contributed by atoms with E-state index in [1.54, 1.807) is 21.2 Å². The molecule has 0 heterocycles. The largest absolute Gasteiger partial charge is 0.261 e. The van der Waals surface area contributed by atoms with E-state index in [4.69, 9.17) is 10.7 Å². The first kappa shape index (κ1) is 6.17. The Balaban J connectivity index is 3.47. The monoisotopic (exact) mass is 226 g/mol. The Morgan fingerprint density at radius 3 is 2.00 bits per heavy atom. The zero-order chi connectivity index (χ0) is 4.50. The van der Waals surface area contributed by atoms with E-state index >= 15 is 0 Å². The fraction of sp³-hybridized carbons (Fsp3) is 1.00. The lowest BCUT2D eigenvalue weighted by molar-refractivity contribution is 0.693. The number of hydrogen-bond acceptors (Lipinski definition) is 1. The summed E-state index contributed by atoms with van der Waals surface area (Å²) in [5.41, 5.74) is 0. The standard InChI is InChI=1S/CH4ClIOS/c1-5(2,3)4/h5H,1H3. The topological polar surface area (TPSA) is 17.1 Å². The van der Waals surface area contributed by atoms with Gasteiger partial charge in [-0.1, -0.05) is 0 Å². The molecule has 0 N–H and O–H groups in total. The zero-order valence-electron chi connectivity index (χ0n) is 2.61. The van der Waals surface area contributed by atoms with E-state index in [0.29, 0.717) is 0 Å². The summed E-state index contributed by atoms with van der Waals surface area (Å²) in [5.74, 6) is 0. The number of thiol groups is 1. The summed E-state index contributed by atoms with van der Waals surface area (Å²) in [6, 6.07) is 0. The van der Waals surface area contributed by atoms with Crippen molar-refractivity contribution in [1.29, 1.82) is 0 Å². The van der Waals surface area contributed by atoms with Crippen molar-refractivity contribution >= 4 is 38.2 Å². The molecule has 0 fully saturated rings. The summed E-state index contributed by atoms with van der Waals surface area (Å²) in [5, 5.41) is 0. The summed E-state index contributed by atoms with van der Waals surface area (Å²) < 4.78 is 9.97. The van der Waals surface area contributed by atoms with Crippen molar-refractivity contribution in [2.24, 2.45) is 0 Å². The van der Waals surface area contributed by atoms with Gasteiger partial charge in [0.15, 0.2) is 0 Å². The minimum atomic E-state index is -2.20. The molecule has 0 aliphatic carbocycles. The molecule has 34 valence electrons. The van der Waals surface area contributed by atoms with Crippen LogP contribution in [0.25, 0.3) is 0 Å². The Morgan fingerprint density at radius 2 is 2.00 bits per heavy atom. The fourth-order valence-electron chi connectivity index (χ4n) is 0. The lowest BCUT2D eigenvalue weighted by Crippen LogP contribution is -1.77. The Hall–Kier alpha value is 1.17. The molecule has 0 aromatic heterocycles. The van der Waals surface area contributed by atoms with Crippen molar-refractivity contribution in [2.75, 3.05) is 6.26 Å². The maximum atomic E-state index is 9.97. The smallest absolute Gasteiger partial charge is 0.0188 e. The van der Waals surface area contributed by atoms with Crippen molar-refractivity contribution in [1.82, 2.24) is 0 Å². The first-order valence-electron chi connectivity index (χ1n) is 0.968. The average molecular weight is 226 g/mol. The Morgan fingerprint density at radius 1 is 2.00 bits per heavy atom. The van der Waals surface area contributed by atoms with Crippen molar-refractivity contribution in [2.45, 2.75) is 0 Å². The van der Waals surface area contributed by atoms with Gasteiger partial charge in [0.25, 0.3) is 0 Å². The second-order valence-electron chi connectivity index (χ2n) is 0.723. The highest BCUT2D eigenvalue weighted by Gasteiger charge is 1.86. The van der Waals surface area contributed by atoms with E-state index in [2.05, 4.69) is 0 Å². The molecule has 0 aliphatic rings. The van der Waals surface area contributed by atoms with Crippen LogP contribution in [0.5, 0.6) is 0 Å². The molecule has 1 nitrogen and oxygen atoms in total. The van der Waals surface area contributed by atoms with E-state index in [1.165, 1.54) is 6.26 Å². The van der Waals surface area contributed by atoms with Crippen LogP contribution in [0.1, 0.15) is 0 Å². The van der Waals surface area contributed by atoms with Gasteiger partial charge in [0, 0.05) is 33.8 Å². The highest BCUT2D eigenvalue weighted by molar-refractivity contribution is 14.2. The third-order valence-corrected chi connectivity index (χ3v) is 0. The predicted octanol–water partition coefficient (Wildman–Crippen LogP) is 1.14. The van der Waals surface area contributed by atoms with E-state index in [0.717, 1.165) is 0 Å². The van der Waals surface area contributed by atoms with Gasteiger partial charge in [0.2, 0.25) is 0 Å². The summed E-state index contributed by atoms with van der Waals surface area (Å²) in [6.45, 7) is 0. The van der Waals surface area contributed by atoms with Crippen LogP contribution in [0.3, 0.4) is 0 Å². The first-order chi connectivity index (χ1) is 2.00. The quantitative estimate of drug-likeness (QED) is 0.372. The average Bonchev–Trinajstić information content (AvgIpc) is 0.722. The summed E-state index contributed by atoms with van der Waals surface area (Å²) in [7, 11) is 5.07. The third-order valence-electron chi connectivity index (χ3n) is 0. The molecular formula is CH4ClIOS. The van der Waals surface area contributed by atoms with E-state index in [9.17, 15) is 4.21 Å². The molecule has 5 heavy (non-hydrogen) atoms. The van der Waals surface area contributed by atoms with Crippen LogP contribution < -0.4 is 0 Å². The van der Waals surface area contributed by atoms with E-state index in [1.807, 2.05) is 0 Å². The molecule has 0 saturated carbocycles. The molecule has 0 unspecified atom stereocenters. The second kappa shape index (κ2) is 1.75. The van der Waals surface area contributed by atoms with Gasteiger partial charge < -0.3 is 0 Å². The molecule has 0 rings (SSSR count). The fourth-order valence-corrected chi connectivity index (χ4v) is 0. The van der Waals surface area contributed by atoms with Crippen LogP contribution >= 0.6 is 31.9 Å². The number of rotatable bonds is 0. The van der Waals surface area contributed by atoms with Crippen molar-refractivity contribution in [3.63, 3.8) is 0 Å². The molecule has 0 radical (unpaired) electrons. The minimum Gasteiger partial charge on any atom is -0.261 e. The molecule has 0 saturated heterocycles. The SMILES string of the molecule is C[SH](=O)(Cl)I. The molecule has 0 aromatic carbocycles. The van der Waals surface area contributed by atoms with Gasteiger partial charge in [-0.05, 0) is 10.7 Å². The highest BCUT2D eigenvalue weighted by atomic mass is 127. The van der Waals surface area contributed by atoms with Crippen molar-refractivity contribution < 1.29 is 4.21 Å². The maximum absolute atomic E-state index is 9.97. The molecule has 0 amide bonds. The highest BCUT2D eigenvalue weighted by Crippen LogP contribution is 2.13. The van der Waals surface area contributed by atoms with Crippen LogP contribution in [0.4, 0.5) is 0 Å². The minimum absolute atomic E-state index is 1.50. The van der Waals surface area contributed by atoms with E-state index < -0.39 is 6.32 Å². The van der Waals surface area contributed by atoms with Crippen LogP contribution in [0, 0.1) is 0 Å². The number of halogens is 2. The number of hydrogen-bond donors (Lipinski definition) is 1. The second-order valence-corrected chi connectivity index (χ2v) is 11.3. The molecule has 0 aliphatic heterocycles. The molecule has 0 atom stereocenters. The lowest BCUT2D eigenvalue weighted by atomic mass is 12.0. The van der Waals surface area contributed by atoms with Crippen LogP contribution in [-0.4, -0.2) is 10.5 Å². The van der Waals surface area contributed by atoms with Gasteiger partial charge in [0.1, 0.15) is 0 Å². The van der Waals surface area contributed by atoms with Gasteiger partial charge in [-0.15, -0.1) is 0 Å². The third kappa shape index (κ3) is 38.0. The molecular weight excluding hydrogens is 222 g/mol. The van der Waals surface area contributed by atoms with Crippen LogP contribution in [0.2, 0.25) is 0 Å². The van der Waals surface area contributed by atoms with Gasteiger partial charge in [-0.2, -0.15) is 0 Å². The van der Waals surface area contributed by atoms with Crippen molar-refractivity contribution in [3.05, 3.63) is 0 Å². The lowest BCUT2D eigenvalue weighted by Gasteiger charge is -1.89. The van der Waals surface area contributed by atoms with Gasteiger partial charge in [-0.3, -0.25) is 4.21 Å². The summed E-state index contributed by atoms with van der Waals surface area (Å²) in [6.07, 6.45) is -0.702. The maximum Gasteiger partial charge on any atom is 0.0188 e. The van der Waals surface area contributed by atoms with Crippen molar-refractivity contribution in [3.8, 4) is 0 Å². The Labute approximate surface area is 48.6 Å². The first-order valence-corrected chi connectivity index (χ1v) is 6.81. The van der Waals surface area contributed by atoms with Crippen LogP contribution in [0.15, 0.2) is 0 Å². The molecule has 0 aromatic rings. The summed E-state index contributed by atoms with van der Waals surface area (Å²) >= 11 is 1.70. The molecule has 4 heteroatoms. The molecule has 0 bridgehead atoms. The van der Waals surface area contributed by atoms with Gasteiger partial charge >= 0.3 is 0 Å². The summed E-state index contributed by atoms with van der Waals surface area (Å²) in [4.78, 5) is 0. The van der Waals surface area contributed by atoms with Gasteiger partial charge in [0.05, 0.1) is 0 Å². The Kier molecular flexibility index (Phi) is 2.16. The zero-order valence-corrected chi connectivity index (χ0v) is 6.42. The molecule has 0 spiro atoms. The van der Waals surface area contributed by atoms with Crippen LogP contribution in [-0.2, 0) is 6.32 Å². The Bertz CT molecular complexity index is 57.8. The van der Waals surface area contributed by atoms with E-state index in [-0.39, 0.29) is 0 Å². The van der Waals surface area contributed by atoms with Gasteiger partial charge in [-0.25, -0.2) is 0 Å². The predicted molar refractivity (Wildman–Crippen MR) is 35.3 cm³/mol.